The Kier molecular flexibility index (Phi) is 4.11. The van der Waals surface area contributed by atoms with Gasteiger partial charge in [-0.2, -0.15) is 0 Å². The van der Waals surface area contributed by atoms with Gasteiger partial charge in [-0.3, -0.25) is 0 Å². The van der Waals surface area contributed by atoms with E-state index in [-0.39, 0.29) is 17.3 Å². The molecule has 0 amide bonds. The summed E-state index contributed by atoms with van der Waals surface area (Å²) in [6, 6.07) is 0. The molecule has 0 aromatic heterocycles. The molecule has 1 N–H and O–H groups in total. The monoisotopic (exact) mass is 260 g/mol. The normalized spacial score (nSPS) is 26.3. The van der Waals surface area contributed by atoms with Crippen LogP contribution in [-0.2, 0) is 9.16 Å². The van der Waals surface area contributed by atoms with Crippen LogP contribution in [0, 0.1) is 0 Å². The molecular formula is C11H22BFO3Si. The van der Waals surface area contributed by atoms with E-state index < -0.39 is 26.4 Å². The van der Waals surface area contributed by atoms with Crippen molar-refractivity contribution in [2.75, 3.05) is 6.61 Å². The number of aliphatic hydroxyl groups is 1. The third-order valence-electron chi connectivity index (χ3n) is 3.69. The summed E-state index contributed by atoms with van der Waals surface area (Å²) in [6.45, 7) is 10.9. The number of rotatable bonds is 3. The highest BCUT2D eigenvalue weighted by Crippen LogP contribution is 2.37. The van der Waals surface area contributed by atoms with Gasteiger partial charge < -0.3 is 14.3 Å². The van der Waals surface area contributed by atoms with E-state index in [4.69, 9.17) is 9.16 Å². The van der Waals surface area contributed by atoms with E-state index in [1.165, 1.54) is 7.85 Å². The molecule has 2 atom stereocenters. The van der Waals surface area contributed by atoms with E-state index in [1.54, 1.807) is 0 Å². The molecule has 1 unspecified atom stereocenters. The van der Waals surface area contributed by atoms with Gasteiger partial charge in [-0.05, 0) is 18.1 Å². The second kappa shape index (κ2) is 4.74. The van der Waals surface area contributed by atoms with Crippen molar-refractivity contribution in [3.63, 3.8) is 0 Å². The molecule has 3 nitrogen and oxygen atoms in total. The Morgan fingerprint density at radius 3 is 2.35 bits per heavy atom. The third kappa shape index (κ3) is 3.11. The van der Waals surface area contributed by atoms with Crippen molar-refractivity contribution >= 4 is 16.2 Å². The minimum absolute atomic E-state index is 0.0948. The van der Waals surface area contributed by atoms with Crippen LogP contribution >= 0.6 is 0 Å². The maximum Gasteiger partial charge on any atom is 0.192 e. The van der Waals surface area contributed by atoms with Crippen molar-refractivity contribution < 1.29 is 18.7 Å². The van der Waals surface area contributed by atoms with Gasteiger partial charge in [0.25, 0.3) is 0 Å². The molecule has 0 fully saturated rings. The van der Waals surface area contributed by atoms with E-state index in [9.17, 15) is 9.50 Å². The van der Waals surface area contributed by atoms with E-state index in [0.717, 1.165) is 0 Å². The minimum atomic E-state index is -1.88. The van der Waals surface area contributed by atoms with Crippen LogP contribution in [0.2, 0.25) is 18.1 Å². The third-order valence-corrected chi connectivity index (χ3v) is 8.19. The fourth-order valence-corrected chi connectivity index (χ4v) is 2.37. The van der Waals surface area contributed by atoms with Gasteiger partial charge in [0.15, 0.2) is 28.1 Å². The molecule has 1 heterocycles. The highest BCUT2D eigenvalue weighted by molar-refractivity contribution is 6.74. The Morgan fingerprint density at radius 2 is 2.00 bits per heavy atom. The largest absolute Gasteiger partial charge is 0.497 e. The van der Waals surface area contributed by atoms with Gasteiger partial charge in [0, 0.05) is 0 Å². The number of hydrogen-bond donors (Lipinski definition) is 1. The van der Waals surface area contributed by atoms with E-state index in [0.29, 0.717) is 0 Å². The Morgan fingerprint density at radius 1 is 1.47 bits per heavy atom. The highest BCUT2D eigenvalue weighted by Gasteiger charge is 2.40. The first kappa shape index (κ1) is 14.7. The predicted molar refractivity (Wildman–Crippen MR) is 70.7 cm³/mol. The Bertz CT molecular complexity index is 325. The first-order valence-electron chi connectivity index (χ1n) is 5.91. The molecule has 1 rings (SSSR count). The molecule has 0 spiro atoms. The molecule has 0 bridgehead atoms. The maximum absolute atomic E-state index is 13.3. The molecule has 98 valence electrons. The van der Waals surface area contributed by atoms with Crippen LogP contribution in [0.3, 0.4) is 0 Å². The fourth-order valence-electron chi connectivity index (χ4n) is 1.35. The van der Waals surface area contributed by atoms with Crippen molar-refractivity contribution in [1.29, 1.82) is 0 Å². The van der Waals surface area contributed by atoms with Crippen LogP contribution in [0.1, 0.15) is 20.8 Å². The summed E-state index contributed by atoms with van der Waals surface area (Å²) in [7, 11) is -0.359. The van der Waals surface area contributed by atoms with Crippen molar-refractivity contribution in [3.05, 3.63) is 11.5 Å². The molecule has 1 aliphatic heterocycles. The average molecular weight is 260 g/mol. The first-order chi connectivity index (χ1) is 7.56. The van der Waals surface area contributed by atoms with E-state index >= 15 is 0 Å². The second-order valence-electron chi connectivity index (χ2n) is 6.08. The topological polar surface area (TPSA) is 38.7 Å². The van der Waals surface area contributed by atoms with Gasteiger partial charge in [0.1, 0.15) is 6.10 Å². The van der Waals surface area contributed by atoms with Crippen LogP contribution in [-0.4, -0.2) is 40.1 Å². The molecule has 17 heavy (non-hydrogen) atoms. The predicted octanol–water partition coefficient (Wildman–Crippen LogP) is 1.54. The lowest BCUT2D eigenvalue weighted by Gasteiger charge is -2.37. The summed E-state index contributed by atoms with van der Waals surface area (Å²) in [5.41, 5.74) is 0.168. The summed E-state index contributed by atoms with van der Waals surface area (Å²) in [6.07, 6.45) is -1.79. The first-order valence-corrected chi connectivity index (χ1v) is 8.82. The zero-order valence-electron chi connectivity index (χ0n) is 11.5. The maximum atomic E-state index is 13.3. The van der Waals surface area contributed by atoms with Crippen LogP contribution in [0.5, 0.6) is 0 Å². The zero-order valence-corrected chi connectivity index (χ0v) is 12.5. The lowest BCUT2D eigenvalue weighted by atomic mass is 10.1. The van der Waals surface area contributed by atoms with Crippen molar-refractivity contribution in [3.8, 4) is 0 Å². The van der Waals surface area contributed by atoms with E-state index in [1.807, 2.05) is 0 Å². The van der Waals surface area contributed by atoms with Gasteiger partial charge in [-0.1, -0.05) is 20.8 Å². The van der Waals surface area contributed by atoms with Gasteiger partial charge in [0.2, 0.25) is 0 Å². The number of halogens is 1. The van der Waals surface area contributed by atoms with Crippen LogP contribution in [0.4, 0.5) is 4.39 Å². The molecule has 0 aromatic rings. The molecular weight excluding hydrogens is 238 g/mol. The van der Waals surface area contributed by atoms with E-state index in [2.05, 4.69) is 33.9 Å². The van der Waals surface area contributed by atoms with Gasteiger partial charge >= 0.3 is 0 Å². The lowest BCUT2D eigenvalue weighted by molar-refractivity contribution is 0.0155. The number of ether oxygens (including phenoxy) is 1. The standard InChI is InChI=1S/C11H22BFO3Si/c1-11(2,3)17(4,5)15-6-7-9(14)8(13)10(12)16-7/h7,9,14H,6,12H2,1-5H3/t7-,9?/m1/s1. The average Bonchev–Trinajstić information content (AvgIpc) is 2.41. The summed E-state index contributed by atoms with van der Waals surface area (Å²) in [4.78, 5) is 0. The van der Waals surface area contributed by atoms with Gasteiger partial charge in [-0.25, -0.2) is 4.39 Å². The van der Waals surface area contributed by atoms with Crippen molar-refractivity contribution in [1.82, 2.24) is 0 Å². The summed E-state index contributed by atoms with van der Waals surface area (Å²) >= 11 is 0. The lowest BCUT2D eigenvalue weighted by Crippen LogP contribution is -2.44. The summed E-state index contributed by atoms with van der Waals surface area (Å²) in [5.74, 6) is -0.575. The molecule has 6 heteroatoms. The molecule has 0 saturated heterocycles. The molecule has 0 aromatic carbocycles. The summed E-state index contributed by atoms with van der Waals surface area (Å²) in [5, 5.41) is 9.70. The molecule has 0 saturated carbocycles. The second-order valence-corrected chi connectivity index (χ2v) is 10.9. The molecule has 0 radical (unpaired) electrons. The van der Waals surface area contributed by atoms with Gasteiger partial charge in [-0.15, -0.1) is 0 Å². The SMILES string of the molecule is BC1=C(F)C(O)[C@@H](CO[Si](C)(C)C(C)(C)C)O1. The molecule has 1 aliphatic rings. The smallest absolute Gasteiger partial charge is 0.192 e. The quantitative estimate of drug-likeness (QED) is 0.782. The van der Waals surface area contributed by atoms with Crippen molar-refractivity contribution in [2.45, 2.75) is 51.1 Å². The minimum Gasteiger partial charge on any atom is -0.497 e. The molecule has 0 aliphatic carbocycles. The summed E-state index contributed by atoms with van der Waals surface area (Å²) < 4.78 is 24.4. The Labute approximate surface area is 105 Å². The van der Waals surface area contributed by atoms with Crippen LogP contribution in [0.25, 0.3) is 0 Å². The Balaban J connectivity index is 2.55. The fraction of sp³-hybridized carbons (Fsp3) is 0.818. The number of hydrogen-bond acceptors (Lipinski definition) is 3. The number of aliphatic hydroxyl groups excluding tert-OH is 1. The van der Waals surface area contributed by atoms with Gasteiger partial charge in [0.05, 0.1) is 12.3 Å². The van der Waals surface area contributed by atoms with Crippen LogP contribution < -0.4 is 0 Å². The van der Waals surface area contributed by atoms with Crippen molar-refractivity contribution in [2.24, 2.45) is 0 Å². The Hall–Kier alpha value is -0.328. The van der Waals surface area contributed by atoms with Crippen LogP contribution in [0.15, 0.2) is 11.5 Å². The highest BCUT2D eigenvalue weighted by atomic mass is 28.4. The zero-order chi connectivity index (χ0) is 13.4.